The van der Waals surface area contributed by atoms with E-state index in [1.807, 2.05) is 0 Å². The van der Waals surface area contributed by atoms with Crippen molar-refractivity contribution in [2.75, 3.05) is 20.1 Å². The predicted molar refractivity (Wildman–Crippen MR) is 85.1 cm³/mol. The number of hydrogen-bond acceptors (Lipinski definition) is 3. The van der Waals surface area contributed by atoms with E-state index in [9.17, 15) is 14.4 Å². The number of rotatable bonds is 5. The van der Waals surface area contributed by atoms with E-state index in [0.717, 1.165) is 12.8 Å². The van der Waals surface area contributed by atoms with Gasteiger partial charge < -0.3 is 15.3 Å². The van der Waals surface area contributed by atoms with Crippen LogP contribution in [0.1, 0.15) is 35.2 Å². The van der Waals surface area contributed by atoms with Crippen molar-refractivity contribution < 1.29 is 19.5 Å². The summed E-state index contributed by atoms with van der Waals surface area (Å²) in [5.41, 5.74) is 0.899. The first-order valence-electron chi connectivity index (χ1n) is 7.83. The Hall–Kier alpha value is -2.37. The normalized spacial score (nSPS) is 17.6. The molecule has 0 aromatic heterocycles. The monoisotopic (exact) mass is 318 g/mol. The fourth-order valence-corrected chi connectivity index (χ4v) is 2.97. The number of benzene rings is 1. The first-order chi connectivity index (χ1) is 11.0. The molecule has 1 aromatic carbocycles. The zero-order chi connectivity index (χ0) is 16.8. The first-order valence-corrected chi connectivity index (χ1v) is 7.83. The summed E-state index contributed by atoms with van der Waals surface area (Å²) in [4.78, 5) is 37.0. The molecule has 2 rings (SSSR count). The van der Waals surface area contributed by atoms with Gasteiger partial charge in [0.05, 0.1) is 11.5 Å². The molecule has 0 saturated carbocycles. The molecule has 6 nitrogen and oxygen atoms in total. The van der Waals surface area contributed by atoms with Crippen molar-refractivity contribution in [2.24, 2.45) is 5.92 Å². The standard InChI is InChI=1S/C17H22N2O4/c1-18-16(21)13-6-4-10-19(11-13)15(20)9-8-12-5-2-3-7-14(12)17(22)23/h2-3,5,7,13H,4,6,8-11H2,1H3,(H,18,21)(H,22,23). The maximum atomic E-state index is 12.4. The second kappa shape index (κ2) is 7.76. The Morgan fingerprint density at radius 2 is 2.04 bits per heavy atom. The van der Waals surface area contributed by atoms with E-state index in [2.05, 4.69) is 5.32 Å². The number of amides is 2. The second-order valence-corrected chi connectivity index (χ2v) is 5.76. The van der Waals surface area contributed by atoms with Crippen LogP contribution in [-0.2, 0) is 16.0 Å². The van der Waals surface area contributed by atoms with Gasteiger partial charge in [0.1, 0.15) is 0 Å². The highest BCUT2D eigenvalue weighted by Gasteiger charge is 2.27. The van der Waals surface area contributed by atoms with Crippen LogP contribution >= 0.6 is 0 Å². The van der Waals surface area contributed by atoms with Crippen LogP contribution in [0.4, 0.5) is 0 Å². The van der Waals surface area contributed by atoms with E-state index >= 15 is 0 Å². The van der Waals surface area contributed by atoms with E-state index in [1.165, 1.54) is 0 Å². The molecule has 1 aliphatic heterocycles. The third-order valence-electron chi connectivity index (χ3n) is 4.25. The van der Waals surface area contributed by atoms with Crippen molar-refractivity contribution >= 4 is 17.8 Å². The summed E-state index contributed by atoms with van der Waals surface area (Å²) in [6.07, 6.45) is 2.26. The number of carboxylic acid groups (broad SMARTS) is 1. The summed E-state index contributed by atoms with van der Waals surface area (Å²) in [5.74, 6) is -1.19. The number of piperidine rings is 1. The van der Waals surface area contributed by atoms with E-state index in [-0.39, 0.29) is 29.7 Å². The summed E-state index contributed by atoms with van der Waals surface area (Å²) >= 11 is 0. The minimum Gasteiger partial charge on any atom is -0.478 e. The van der Waals surface area contributed by atoms with Crippen molar-refractivity contribution in [3.05, 3.63) is 35.4 Å². The Labute approximate surface area is 135 Å². The molecule has 6 heteroatoms. The maximum absolute atomic E-state index is 12.4. The van der Waals surface area contributed by atoms with Gasteiger partial charge in [0.2, 0.25) is 11.8 Å². The maximum Gasteiger partial charge on any atom is 0.335 e. The lowest BCUT2D eigenvalue weighted by Gasteiger charge is -2.32. The van der Waals surface area contributed by atoms with Gasteiger partial charge in [0.15, 0.2) is 0 Å². The van der Waals surface area contributed by atoms with Crippen molar-refractivity contribution in [1.82, 2.24) is 10.2 Å². The summed E-state index contributed by atoms with van der Waals surface area (Å²) in [7, 11) is 1.60. The minimum atomic E-state index is -0.981. The van der Waals surface area contributed by atoms with Crippen molar-refractivity contribution in [3.8, 4) is 0 Å². The lowest BCUT2D eigenvalue weighted by atomic mass is 9.96. The van der Waals surface area contributed by atoms with Crippen molar-refractivity contribution in [1.29, 1.82) is 0 Å². The van der Waals surface area contributed by atoms with Gasteiger partial charge in [-0.2, -0.15) is 0 Å². The van der Waals surface area contributed by atoms with Crippen LogP contribution in [-0.4, -0.2) is 47.9 Å². The number of aryl methyl sites for hydroxylation is 1. The van der Waals surface area contributed by atoms with Gasteiger partial charge in [-0.15, -0.1) is 0 Å². The third kappa shape index (κ3) is 4.31. The van der Waals surface area contributed by atoms with Gasteiger partial charge in [0, 0.05) is 26.6 Å². The molecule has 2 amide bonds. The Morgan fingerprint density at radius 3 is 2.74 bits per heavy atom. The molecule has 0 spiro atoms. The van der Waals surface area contributed by atoms with Crippen LogP contribution in [0.15, 0.2) is 24.3 Å². The molecular weight excluding hydrogens is 296 g/mol. The van der Waals surface area contributed by atoms with Gasteiger partial charge >= 0.3 is 5.97 Å². The molecule has 23 heavy (non-hydrogen) atoms. The van der Waals surface area contributed by atoms with Gasteiger partial charge in [-0.3, -0.25) is 9.59 Å². The number of aromatic carboxylic acids is 1. The quantitative estimate of drug-likeness (QED) is 0.857. The number of hydrogen-bond donors (Lipinski definition) is 2. The summed E-state index contributed by atoms with van der Waals surface area (Å²) in [6, 6.07) is 6.73. The zero-order valence-corrected chi connectivity index (χ0v) is 13.2. The minimum absolute atomic E-state index is 0.0289. The van der Waals surface area contributed by atoms with E-state index in [1.54, 1.807) is 36.2 Å². The Bertz CT molecular complexity index is 600. The third-order valence-corrected chi connectivity index (χ3v) is 4.25. The van der Waals surface area contributed by atoms with E-state index in [4.69, 9.17) is 5.11 Å². The number of nitrogens with zero attached hydrogens (tertiary/aromatic N) is 1. The van der Waals surface area contributed by atoms with Gasteiger partial charge in [-0.25, -0.2) is 4.79 Å². The molecule has 0 aliphatic carbocycles. The molecule has 124 valence electrons. The zero-order valence-electron chi connectivity index (χ0n) is 13.2. The Morgan fingerprint density at radius 1 is 1.30 bits per heavy atom. The molecule has 1 atom stereocenters. The number of carboxylic acids is 1. The lowest BCUT2D eigenvalue weighted by molar-refractivity contribution is -0.135. The number of likely N-dealkylation sites (tertiary alicyclic amines) is 1. The first kappa shape index (κ1) is 17.0. The number of nitrogens with one attached hydrogen (secondary N) is 1. The molecule has 1 unspecified atom stereocenters. The van der Waals surface area contributed by atoms with Crippen molar-refractivity contribution in [3.63, 3.8) is 0 Å². The molecule has 0 radical (unpaired) electrons. The van der Waals surface area contributed by atoms with Crippen LogP contribution in [0.25, 0.3) is 0 Å². The van der Waals surface area contributed by atoms with E-state index < -0.39 is 5.97 Å². The SMILES string of the molecule is CNC(=O)C1CCCN(C(=O)CCc2ccccc2C(=O)O)C1. The number of carbonyl (C=O) groups is 3. The largest absolute Gasteiger partial charge is 0.478 e. The number of carbonyl (C=O) groups excluding carboxylic acids is 2. The highest BCUT2D eigenvalue weighted by atomic mass is 16.4. The van der Waals surface area contributed by atoms with Gasteiger partial charge in [0.25, 0.3) is 0 Å². The summed E-state index contributed by atoms with van der Waals surface area (Å²) < 4.78 is 0. The molecule has 1 heterocycles. The smallest absolute Gasteiger partial charge is 0.335 e. The average molecular weight is 318 g/mol. The van der Waals surface area contributed by atoms with Crippen LogP contribution in [0.5, 0.6) is 0 Å². The van der Waals surface area contributed by atoms with Crippen LogP contribution < -0.4 is 5.32 Å². The fourth-order valence-electron chi connectivity index (χ4n) is 2.97. The Balaban J connectivity index is 1.95. The highest BCUT2D eigenvalue weighted by molar-refractivity contribution is 5.89. The van der Waals surface area contributed by atoms with E-state index in [0.29, 0.717) is 25.1 Å². The molecule has 1 fully saturated rings. The predicted octanol–water partition coefficient (Wildman–Crippen LogP) is 1.30. The average Bonchev–Trinajstić information content (AvgIpc) is 2.59. The molecule has 1 aromatic rings. The molecule has 1 saturated heterocycles. The molecule has 2 N–H and O–H groups in total. The fraction of sp³-hybridized carbons (Fsp3) is 0.471. The molecular formula is C17H22N2O4. The summed E-state index contributed by atoms with van der Waals surface area (Å²) in [6.45, 7) is 1.10. The van der Waals surface area contributed by atoms with Crippen LogP contribution in [0, 0.1) is 5.92 Å². The second-order valence-electron chi connectivity index (χ2n) is 5.76. The van der Waals surface area contributed by atoms with Gasteiger partial charge in [-0.1, -0.05) is 18.2 Å². The summed E-state index contributed by atoms with van der Waals surface area (Å²) in [5, 5.41) is 11.8. The topological polar surface area (TPSA) is 86.7 Å². The van der Waals surface area contributed by atoms with Crippen LogP contribution in [0.3, 0.4) is 0 Å². The van der Waals surface area contributed by atoms with Crippen LogP contribution in [0.2, 0.25) is 0 Å². The van der Waals surface area contributed by atoms with Gasteiger partial charge in [-0.05, 0) is 30.9 Å². The molecule has 1 aliphatic rings. The Kier molecular flexibility index (Phi) is 5.73. The highest BCUT2D eigenvalue weighted by Crippen LogP contribution is 2.18. The molecule has 0 bridgehead atoms. The lowest BCUT2D eigenvalue weighted by Crippen LogP contribution is -2.44. The van der Waals surface area contributed by atoms with Crippen molar-refractivity contribution in [2.45, 2.75) is 25.7 Å².